The first-order valence-electron chi connectivity index (χ1n) is 9.84. The van der Waals surface area contributed by atoms with E-state index in [-0.39, 0.29) is 24.0 Å². The average Bonchev–Trinajstić information content (AvgIpc) is 3.23. The first kappa shape index (κ1) is 19.5. The minimum absolute atomic E-state index is 0.140. The molecule has 3 atom stereocenters. The van der Waals surface area contributed by atoms with Crippen LogP contribution in [0.15, 0.2) is 18.2 Å². The zero-order chi connectivity index (χ0) is 18.7. The molecule has 0 spiro atoms. The maximum absolute atomic E-state index is 10.5. The molecule has 146 valence electrons. The van der Waals surface area contributed by atoms with Crippen LogP contribution in [-0.2, 0) is 0 Å². The monoisotopic (exact) mass is 363 g/mol. The molecule has 0 aromatic heterocycles. The van der Waals surface area contributed by atoms with Crippen LogP contribution in [0.3, 0.4) is 0 Å². The largest absolute Gasteiger partial charge is 0.493 e. The van der Waals surface area contributed by atoms with E-state index in [0.717, 1.165) is 37.4 Å². The maximum Gasteiger partial charge on any atom is 0.161 e. The summed E-state index contributed by atoms with van der Waals surface area (Å²) in [5, 5.41) is 19.8. The Kier molecular flexibility index (Phi) is 6.10. The van der Waals surface area contributed by atoms with E-state index in [2.05, 4.69) is 24.0 Å². The summed E-state index contributed by atoms with van der Waals surface area (Å²) in [5.74, 6) is 1.76. The van der Waals surface area contributed by atoms with Gasteiger partial charge in [-0.15, -0.1) is 0 Å². The lowest BCUT2D eigenvalue weighted by Gasteiger charge is -2.34. The summed E-state index contributed by atoms with van der Waals surface area (Å²) in [6.45, 7) is 6.40. The fourth-order valence-electron chi connectivity index (χ4n) is 4.53. The molecular formula is C21H33NO4. The second-order valence-electron chi connectivity index (χ2n) is 8.13. The molecule has 0 radical (unpaired) electrons. The summed E-state index contributed by atoms with van der Waals surface area (Å²) in [6, 6.07) is 6.18. The summed E-state index contributed by atoms with van der Waals surface area (Å²) in [5.41, 5.74) is 0.914. The van der Waals surface area contributed by atoms with Gasteiger partial charge in [-0.25, -0.2) is 0 Å². The quantitative estimate of drug-likeness (QED) is 0.780. The van der Waals surface area contributed by atoms with Gasteiger partial charge >= 0.3 is 0 Å². The Morgan fingerprint density at radius 1 is 1.27 bits per heavy atom. The zero-order valence-corrected chi connectivity index (χ0v) is 16.3. The minimum atomic E-state index is -0.433. The number of benzene rings is 1. The summed E-state index contributed by atoms with van der Waals surface area (Å²) >= 11 is 0. The van der Waals surface area contributed by atoms with E-state index in [9.17, 15) is 10.2 Å². The molecule has 2 N–H and O–H groups in total. The molecule has 1 heterocycles. The van der Waals surface area contributed by atoms with Crippen molar-refractivity contribution in [1.82, 2.24) is 4.90 Å². The number of nitrogens with zero attached hydrogens (tertiary/aromatic N) is 1. The molecular weight excluding hydrogens is 330 g/mol. The lowest BCUT2D eigenvalue weighted by Crippen LogP contribution is -2.37. The van der Waals surface area contributed by atoms with Crippen LogP contribution in [0.4, 0.5) is 0 Å². The highest BCUT2D eigenvalue weighted by Gasteiger charge is 2.46. The molecule has 1 aliphatic heterocycles. The molecule has 26 heavy (non-hydrogen) atoms. The van der Waals surface area contributed by atoms with E-state index in [1.54, 1.807) is 7.11 Å². The van der Waals surface area contributed by atoms with Gasteiger partial charge in [0.25, 0.3) is 0 Å². The van der Waals surface area contributed by atoms with Crippen LogP contribution >= 0.6 is 0 Å². The number of aliphatic hydroxyl groups excluding tert-OH is 2. The van der Waals surface area contributed by atoms with Gasteiger partial charge in [0.15, 0.2) is 11.5 Å². The van der Waals surface area contributed by atoms with E-state index in [1.807, 2.05) is 13.0 Å². The van der Waals surface area contributed by atoms with Crippen molar-refractivity contribution in [2.75, 3.05) is 33.4 Å². The highest BCUT2D eigenvalue weighted by Crippen LogP contribution is 2.47. The Morgan fingerprint density at radius 3 is 2.62 bits per heavy atom. The SMILES string of the molecule is COc1ccc(C2CN(CCO)CC2(C)C(C)O)cc1OC1CCCC1. The molecule has 2 aliphatic rings. The van der Waals surface area contributed by atoms with Crippen molar-refractivity contribution < 1.29 is 19.7 Å². The molecule has 1 saturated heterocycles. The van der Waals surface area contributed by atoms with Crippen LogP contribution in [0.1, 0.15) is 51.0 Å². The lowest BCUT2D eigenvalue weighted by atomic mass is 9.72. The summed E-state index contributed by atoms with van der Waals surface area (Å²) < 4.78 is 11.8. The standard InChI is InChI=1S/C21H33NO4/c1-15(24)21(2)14-22(10-11-23)13-18(21)16-8-9-19(25-3)20(12-16)26-17-6-4-5-7-17/h8-9,12,15,17-18,23-24H,4-7,10-11,13-14H2,1-3H3. The van der Waals surface area contributed by atoms with Crippen LogP contribution < -0.4 is 9.47 Å². The van der Waals surface area contributed by atoms with Gasteiger partial charge in [0.1, 0.15) is 0 Å². The molecule has 0 bridgehead atoms. The van der Waals surface area contributed by atoms with Gasteiger partial charge in [-0.05, 0) is 50.3 Å². The van der Waals surface area contributed by atoms with Crippen LogP contribution in [0, 0.1) is 5.41 Å². The predicted molar refractivity (Wildman–Crippen MR) is 102 cm³/mol. The van der Waals surface area contributed by atoms with E-state index in [1.165, 1.54) is 18.4 Å². The topological polar surface area (TPSA) is 62.2 Å². The van der Waals surface area contributed by atoms with Gasteiger partial charge in [-0.2, -0.15) is 0 Å². The van der Waals surface area contributed by atoms with Gasteiger partial charge in [0, 0.05) is 31.0 Å². The van der Waals surface area contributed by atoms with Gasteiger partial charge in [0.2, 0.25) is 0 Å². The Morgan fingerprint density at radius 2 is 2.00 bits per heavy atom. The van der Waals surface area contributed by atoms with Gasteiger partial charge in [-0.1, -0.05) is 13.0 Å². The first-order chi connectivity index (χ1) is 12.5. The Balaban J connectivity index is 1.88. The second kappa shape index (κ2) is 8.15. The molecule has 5 heteroatoms. The Bertz CT molecular complexity index is 600. The van der Waals surface area contributed by atoms with Crippen molar-refractivity contribution in [3.05, 3.63) is 23.8 Å². The third-order valence-electron chi connectivity index (χ3n) is 6.36. The summed E-state index contributed by atoms with van der Waals surface area (Å²) in [7, 11) is 1.68. The molecule has 0 amide bonds. The van der Waals surface area contributed by atoms with E-state index < -0.39 is 6.10 Å². The van der Waals surface area contributed by atoms with Crippen molar-refractivity contribution in [2.45, 2.75) is 57.7 Å². The number of hydrogen-bond acceptors (Lipinski definition) is 5. The van der Waals surface area contributed by atoms with E-state index >= 15 is 0 Å². The normalized spacial score (nSPS) is 28.4. The van der Waals surface area contributed by atoms with E-state index in [4.69, 9.17) is 9.47 Å². The van der Waals surface area contributed by atoms with Gasteiger partial charge in [0.05, 0.1) is 25.9 Å². The number of β-amino-alcohol motifs (C(OH)–C–C–N with tert-alkyl or cyclic N) is 1. The first-order valence-corrected chi connectivity index (χ1v) is 9.84. The third-order valence-corrected chi connectivity index (χ3v) is 6.36. The lowest BCUT2D eigenvalue weighted by molar-refractivity contribution is 0.0468. The fraction of sp³-hybridized carbons (Fsp3) is 0.714. The second-order valence-corrected chi connectivity index (χ2v) is 8.13. The highest BCUT2D eigenvalue weighted by molar-refractivity contribution is 5.45. The molecule has 1 aromatic rings. The molecule has 5 nitrogen and oxygen atoms in total. The highest BCUT2D eigenvalue weighted by atomic mass is 16.5. The number of aliphatic hydroxyl groups is 2. The molecule has 2 fully saturated rings. The summed E-state index contributed by atoms with van der Waals surface area (Å²) in [4.78, 5) is 2.24. The number of rotatable bonds is 7. The number of ether oxygens (including phenoxy) is 2. The number of methoxy groups -OCH3 is 1. The van der Waals surface area contributed by atoms with E-state index in [0.29, 0.717) is 6.54 Å². The molecule has 3 rings (SSSR count). The predicted octanol–water partition coefficient (Wildman–Crippen LogP) is 2.80. The third kappa shape index (κ3) is 3.85. The van der Waals surface area contributed by atoms with Crippen LogP contribution in [-0.4, -0.2) is 60.7 Å². The van der Waals surface area contributed by atoms with Crippen molar-refractivity contribution in [3.8, 4) is 11.5 Å². The van der Waals surface area contributed by atoms with Crippen molar-refractivity contribution in [1.29, 1.82) is 0 Å². The fourth-order valence-corrected chi connectivity index (χ4v) is 4.53. The van der Waals surface area contributed by atoms with Crippen LogP contribution in [0.25, 0.3) is 0 Å². The maximum atomic E-state index is 10.5. The van der Waals surface area contributed by atoms with Crippen LogP contribution in [0.5, 0.6) is 11.5 Å². The Hall–Kier alpha value is -1.30. The Labute approximate surface area is 156 Å². The molecule has 1 aliphatic carbocycles. The zero-order valence-electron chi connectivity index (χ0n) is 16.3. The van der Waals surface area contributed by atoms with Crippen LogP contribution in [0.2, 0.25) is 0 Å². The smallest absolute Gasteiger partial charge is 0.161 e. The summed E-state index contributed by atoms with van der Waals surface area (Å²) in [6.07, 6.45) is 4.50. The minimum Gasteiger partial charge on any atom is -0.493 e. The van der Waals surface area contributed by atoms with Gasteiger partial charge < -0.3 is 19.7 Å². The molecule has 1 aromatic carbocycles. The number of likely N-dealkylation sites (tertiary alicyclic amines) is 1. The molecule has 3 unspecified atom stereocenters. The van der Waals surface area contributed by atoms with Crippen molar-refractivity contribution >= 4 is 0 Å². The molecule has 1 saturated carbocycles. The number of hydrogen-bond donors (Lipinski definition) is 2. The average molecular weight is 363 g/mol. The van der Waals surface area contributed by atoms with Gasteiger partial charge in [-0.3, -0.25) is 4.90 Å². The van der Waals surface area contributed by atoms with Crippen molar-refractivity contribution in [3.63, 3.8) is 0 Å². The van der Waals surface area contributed by atoms with Crippen molar-refractivity contribution in [2.24, 2.45) is 5.41 Å².